The number of likely N-dealkylation sites (tertiary alicyclic amines) is 1. The van der Waals surface area contributed by atoms with Crippen molar-refractivity contribution in [1.82, 2.24) is 14.7 Å². The quantitative estimate of drug-likeness (QED) is 0.818. The number of likely N-dealkylation sites (N-methyl/N-ethyl adjacent to an activating group) is 1. The van der Waals surface area contributed by atoms with Gasteiger partial charge in [-0.15, -0.1) is 0 Å². The van der Waals surface area contributed by atoms with Crippen molar-refractivity contribution < 1.29 is 9.18 Å². The molecule has 0 bridgehead atoms. The van der Waals surface area contributed by atoms with Crippen molar-refractivity contribution in [1.29, 1.82) is 0 Å². The number of carbonyl (C=O) groups excluding carboxylic acids is 1. The maximum Gasteiger partial charge on any atom is 0.227 e. The number of carbonyl (C=O) groups is 1. The van der Waals surface area contributed by atoms with E-state index in [1.165, 1.54) is 18.6 Å². The summed E-state index contributed by atoms with van der Waals surface area (Å²) in [4.78, 5) is 19.5. The number of nitrogens with zero attached hydrogens (tertiary/aromatic N) is 3. The molecule has 0 radical (unpaired) electrons. The van der Waals surface area contributed by atoms with Gasteiger partial charge in [0.1, 0.15) is 5.82 Å². The summed E-state index contributed by atoms with van der Waals surface area (Å²) in [5.74, 6) is 0.271. The van der Waals surface area contributed by atoms with Gasteiger partial charge < -0.3 is 14.7 Å². The zero-order chi connectivity index (χ0) is 17.8. The Morgan fingerprint density at radius 1 is 1.24 bits per heavy atom. The Labute approximate surface area is 154 Å². The summed E-state index contributed by atoms with van der Waals surface area (Å²) in [6.45, 7) is 7.20. The van der Waals surface area contributed by atoms with Crippen molar-refractivity contribution >= 4 is 17.5 Å². The van der Waals surface area contributed by atoms with Crippen molar-refractivity contribution in [3.63, 3.8) is 0 Å². The maximum absolute atomic E-state index is 13.2. The molecule has 2 fully saturated rings. The summed E-state index contributed by atoms with van der Waals surface area (Å²) >= 11 is 6.06. The lowest BCUT2D eigenvalue weighted by Gasteiger charge is -2.38. The lowest BCUT2D eigenvalue weighted by molar-refractivity contribution is -0.132. The average Bonchev–Trinajstić information content (AvgIpc) is 2.60. The van der Waals surface area contributed by atoms with E-state index in [1.807, 2.05) is 4.90 Å². The van der Waals surface area contributed by atoms with Gasteiger partial charge in [-0.1, -0.05) is 17.7 Å². The molecule has 1 amide bonds. The Hall–Kier alpha value is -1.17. The number of halogens is 2. The molecule has 2 saturated heterocycles. The Kier molecular flexibility index (Phi) is 6.31. The van der Waals surface area contributed by atoms with Gasteiger partial charge in [-0.05, 0) is 43.5 Å². The van der Waals surface area contributed by atoms with Crippen molar-refractivity contribution in [2.75, 3.05) is 52.9 Å². The van der Waals surface area contributed by atoms with Gasteiger partial charge in [0.15, 0.2) is 0 Å². The van der Waals surface area contributed by atoms with Crippen molar-refractivity contribution in [2.24, 2.45) is 5.92 Å². The standard InChI is InChI=1S/C19H27ClFN3O/c1-22-7-9-23(10-8-22)13-15-3-2-6-24(14-15)19(25)11-16-4-5-17(21)12-18(16)20/h4-5,12,15H,2-3,6-11,13-14H2,1H3/t15-/m1/s1. The van der Waals surface area contributed by atoms with Crippen molar-refractivity contribution in [3.8, 4) is 0 Å². The summed E-state index contributed by atoms with van der Waals surface area (Å²) in [6.07, 6.45) is 2.50. The highest BCUT2D eigenvalue weighted by atomic mass is 35.5. The van der Waals surface area contributed by atoms with Gasteiger partial charge in [-0.3, -0.25) is 4.79 Å². The molecule has 0 aromatic heterocycles. The number of rotatable bonds is 4. The first-order chi connectivity index (χ1) is 12.0. The molecule has 0 N–H and O–H groups in total. The average molecular weight is 368 g/mol. The molecular weight excluding hydrogens is 341 g/mol. The maximum atomic E-state index is 13.2. The molecule has 1 aromatic rings. The summed E-state index contributed by atoms with van der Waals surface area (Å²) in [5.41, 5.74) is 0.703. The molecule has 1 atom stereocenters. The van der Waals surface area contributed by atoms with Gasteiger partial charge >= 0.3 is 0 Å². The van der Waals surface area contributed by atoms with Crippen LogP contribution in [0.3, 0.4) is 0 Å². The zero-order valence-corrected chi connectivity index (χ0v) is 15.6. The third-order valence-electron chi connectivity index (χ3n) is 5.34. The second-order valence-electron chi connectivity index (χ2n) is 7.36. The van der Waals surface area contributed by atoms with Crippen LogP contribution in [0.5, 0.6) is 0 Å². The molecule has 0 aliphatic carbocycles. The Morgan fingerprint density at radius 3 is 2.72 bits per heavy atom. The Bertz CT molecular complexity index is 604. The van der Waals surface area contributed by atoms with E-state index in [0.717, 1.165) is 52.2 Å². The second kappa shape index (κ2) is 8.47. The lowest BCUT2D eigenvalue weighted by atomic mass is 9.96. The minimum atomic E-state index is -0.369. The second-order valence-corrected chi connectivity index (χ2v) is 7.77. The number of hydrogen-bond donors (Lipinski definition) is 0. The predicted octanol–water partition coefficient (Wildman–Crippen LogP) is 2.51. The molecule has 2 aliphatic heterocycles. The van der Waals surface area contributed by atoms with Gasteiger partial charge in [-0.2, -0.15) is 0 Å². The minimum Gasteiger partial charge on any atom is -0.342 e. The summed E-state index contributed by atoms with van der Waals surface area (Å²) in [7, 11) is 2.17. The van der Waals surface area contributed by atoms with Crippen LogP contribution < -0.4 is 0 Å². The first-order valence-corrected chi connectivity index (χ1v) is 9.51. The molecule has 6 heteroatoms. The van der Waals surface area contributed by atoms with Crippen LogP contribution in [0.1, 0.15) is 18.4 Å². The monoisotopic (exact) mass is 367 g/mol. The summed E-state index contributed by atoms with van der Waals surface area (Å²) in [5, 5.41) is 0.333. The summed E-state index contributed by atoms with van der Waals surface area (Å²) in [6, 6.07) is 4.25. The number of piperazine rings is 1. The van der Waals surface area contributed by atoms with Crippen LogP contribution in [0, 0.1) is 11.7 Å². The minimum absolute atomic E-state index is 0.0941. The normalized spacial score (nSPS) is 23.0. The zero-order valence-electron chi connectivity index (χ0n) is 14.9. The predicted molar refractivity (Wildman–Crippen MR) is 98.4 cm³/mol. The molecule has 25 heavy (non-hydrogen) atoms. The number of hydrogen-bond acceptors (Lipinski definition) is 3. The van der Waals surface area contributed by atoms with Crippen LogP contribution in [0.15, 0.2) is 18.2 Å². The fourth-order valence-electron chi connectivity index (χ4n) is 3.78. The third-order valence-corrected chi connectivity index (χ3v) is 5.69. The van der Waals surface area contributed by atoms with Gasteiger partial charge in [0.2, 0.25) is 5.91 Å². The molecule has 2 heterocycles. The van der Waals surface area contributed by atoms with Gasteiger partial charge in [0.05, 0.1) is 6.42 Å². The van der Waals surface area contributed by atoms with E-state index in [0.29, 0.717) is 16.5 Å². The first kappa shape index (κ1) is 18.6. The van der Waals surface area contributed by atoms with E-state index < -0.39 is 0 Å². The topological polar surface area (TPSA) is 26.8 Å². The summed E-state index contributed by atoms with van der Waals surface area (Å²) < 4.78 is 13.2. The number of benzene rings is 1. The molecule has 2 aliphatic rings. The van der Waals surface area contributed by atoms with E-state index in [-0.39, 0.29) is 18.1 Å². The largest absolute Gasteiger partial charge is 0.342 e. The van der Waals surface area contributed by atoms with Crippen LogP contribution in [0.25, 0.3) is 0 Å². The molecule has 4 nitrogen and oxygen atoms in total. The van der Waals surface area contributed by atoms with Crippen LogP contribution >= 0.6 is 11.6 Å². The molecule has 0 unspecified atom stereocenters. The van der Waals surface area contributed by atoms with Crippen molar-refractivity contribution in [2.45, 2.75) is 19.3 Å². The smallest absolute Gasteiger partial charge is 0.227 e. The van der Waals surface area contributed by atoms with Crippen LogP contribution in [0.2, 0.25) is 5.02 Å². The first-order valence-electron chi connectivity index (χ1n) is 9.14. The highest BCUT2D eigenvalue weighted by Gasteiger charge is 2.26. The van der Waals surface area contributed by atoms with E-state index in [2.05, 4.69) is 16.8 Å². The fraction of sp³-hybridized carbons (Fsp3) is 0.632. The van der Waals surface area contributed by atoms with Gasteiger partial charge in [0, 0.05) is 50.8 Å². The Morgan fingerprint density at radius 2 is 2.00 bits per heavy atom. The van der Waals surface area contributed by atoms with Crippen molar-refractivity contribution in [3.05, 3.63) is 34.6 Å². The Balaban J connectivity index is 1.52. The molecule has 138 valence electrons. The fourth-order valence-corrected chi connectivity index (χ4v) is 4.01. The molecule has 1 aromatic carbocycles. The van der Waals surface area contributed by atoms with E-state index in [4.69, 9.17) is 11.6 Å². The lowest BCUT2D eigenvalue weighted by Crippen LogP contribution is -2.49. The third kappa shape index (κ3) is 5.16. The molecule has 3 rings (SSSR count). The van der Waals surface area contributed by atoms with Crippen LogP contribution in [-0.2, 0) is 11.2 Å². The van der Waals surface area contributed by atoms with E-state index in [9.17, 15) is 9.18 Å². The van der Waals surface area contributed by atoms with Gasteiger partial charge in [0.25, 0.3) is 0 Å². The van der Waals surface area contributed by atoms with Crippen LogP contribution in [-0.4, -0.2) is 73.5 Å². The SMILES string of the molecule is CN1CCN(C[C@H]2CCCN(C(=O)Cc3ccc(F)cc3Cl)C2)CC1. The number of amides is 1. The van der Waals surface area contributed by atoms with Crippen LogP contribution in [0.4, 0.5) is 4.39 Å². The molecule has 0 spiro atoms. The molecule has 0 saturated carbocycles. The van der Waals surface area contributed by atoms with E-state index >= 15 is 0 Å². The number of piperidine rings is 1. The molecular formula is C19H27ClFN3O. The van der Waals surface area contributed by atoms with Gasteiger partial charge in [-0.25, -0.2) is 4.39 Å². The van der Waals surface area contributed by atoms with E-state index in [1.54, 1.807) is 6.07 Å². The highest BCUT2D eigenvalue weighted by Crippen LogP contribution is 2.22. The highest BCUT2D eigenvalue weighted by molar-refractivity contribution is 6.31.